The first-order valence-corrected chi connectivity index (χ1v) is 5.30. The van der Waals surface area contributed by atoms with Crippen molar-refractivity contribution in [1.29, 1.82) is 5.26 Å². The van der Waals surface area contributed by atoms with Gasteiger partial charge in [0.2, 0.25) is 5.88 Å². The molecule has 2 aromatic heterocycles. The van der Waals surface area contributed by atoms with E-state index >= 15 is 0 Å². The molecule has 2 heterocycles. The van der Waals surface area contributed by atoms with Crippen molar-refractivity contribution in [2.45, 2.75) is 20.4 Å². The predicted molar refractivity (Wildman–Crippen MR) is 61.7 cm³/mol. The van der Waals surface area contributed by atoms with Crippen molar-refractivity contribution in [3.8, 4) is 17.7 Å². The van der Waals surface area contributed by atoms with Crippen LogP contribution in [-0.2, 0) is 6.54 Å². The van der Waals surface area contributed by atoms with Crippen LogP contribution in [0.1, 0.15) is 18.2 Å². The van der Waals surface area contributed by atoms with Gasteiger partial charge in [0, 0.05) is 18.3 Å². The molecular formula is C12H12N4O. The number of aryl methyl sites for hydroxylation is 2. The van der Waals surface area contributed by atoms with E-state index in [2.05, 4.69) is 16.2 Å². The van der Waals surface area contributed by atoms with E-state index in [1.165, 1.54) is 0 Å². The molecule has 0 saturated heterocycles. The van der Waals surface area contributed by atoms with Crippen LogP contribution >= 0.6 is 0 Å². The van der Waals surface area contributed by atoms with E-state index in [0.717, 1.165) is 12.2 Å². The first-order valence-electron chi connectivity index (χ1n) is 5.30. The molecule has 86 valence electrons. The summed E-state index contributed by atoms with van der Waals surface area (Å²) in [5.74, 6) is 1.03. The highest BCUT2D eigenvalue weighted by Crippen LogP contribution is 2.20. The molecule has 0 radical (unpaired) electrons. The molecule has 0 bridgehead atoms. The average Bonchev–Trinajstić information content (AvgIpc) is 2.76. The third-order valence-corrected chi connectivity index (χ3v) is 2.21. The van der Waals surface area contributed by atoms with Crippen LogP contribution in [0.3, 0.4) is 0 Å². The zero-order chi connectivity index (χ0) is 12.3. The van der Waals surface area contributed by atoms with Crippen molar-refractivity contribution in [1.82, 2.24) is 14.8 Å². The van der Waals surface area contributed by atoms with Crippen LogP contribution in [0.4, 0.5) is 0 Å². The van der Waals surface area contributed by atoms with Crippen LogP contribution in [0, 0.1) is 18.3 Å². The van der Waals surface area contributed by atoms with E-state index in [1.807, 2.05) is 13.8 Å². The Morgan fingerprint density at radius 2 is 2.29 bits per heavy atom. The number of aromatic nitrogens is 3. The lowest BCUT2D eigenvalue weighted by Crippen LogP contribution is -1.93. The Morgan fingerprint density at radius 1 is 1.47 bits per heavy atom. The SMILES string of the molecule is CCn1cc(Oc2cc(C#N)cc(C)n2)cn1. The van der Waals surface area contributed by atoms with E-state index in [-0.39, 0.29) is 0 Å². The number of hydrogen-bond donors (Lipinski definition) is 0. The third kappa shape index (κ3) is 2.61. The van der Waals surface area contributed by atoms with E-state index < -0.39 is 0 Å². The summed E-state index contributed by atoms with van der Waals surface area (Å²) in [4.78, 5) is 4.20. The van der Waals surface area contributed by atoms with Gasteiger partial charge in [0.05, 0.1) is 24.0 Å². The second kappa shape index (κ2) is 4.66. The standard InChI is InChI=1S/C12H12N4O/c1-3-16-8-11(7-14-16)17-12-5-10(6-13)4-9(2)15-12/h4-5,7-8H,3H2,1-2H3. The quantitative estimate of drug-likeness (QED) is 0.808. The normalized spacial score (nSPS) is 9.94. The Bertz CT molecular complexity index is 568. The van der Waals surface area contributed by atoms with Crippen LogP contribution in [0.25, 0.3) is 0 Å². The van der Waals surface area contributed by atoms with Gasteiger partial charge in [-0.05, 0) is 19.9 Å². The summed E-state index contributed by atoms with van der Waals surface area (Å²) in [6.07, 6.45) is 3.41. The second-order valence-electron chi connectivity index (χ2n) is 3.58. The van der Waals surface area contributed by atoms with Crippen molar-refractivity contribution in [3.63, 3.8) is 0 Å². The Kier molecular flexibility index (Phi) is 3.06. The molecule has 0 amide bonds. The summed E-state index contributed by atoms with van der Waals surface area (Å²) in [6, 6.07) is 5.39. The highest BCUT2D eigenvalue weighted by Gasteiger charge is 2.04. The molecule has 0 N–H and O–H groups in total. The highest BCUT2D eigenvalue weighted by atomic mass is 16.5. The maximum absolute atomic E-state index is 8.84. The van der Waals surface area contributed by atoms with Gasteiger partial charge in [-0.1, -0.05) is 0 Å². The van der Waals surface area contributed by atoms with Gasteiger partial charge in [0.15, 0.2) is 5.75 Å². The third-order valence-electron chi connectivity index (χ3n) is 2.21. The second-order valence-corrected chi connectivity index (χ2v) is 3.58. The molecule has 17 heavy (non-hydrogen) atoms. The van der Waals surface area contributed by atoms with Crippen LogP contribution < -0.4 is 4.74 Å². The Labute approximate surface area is 99.3 Å². The molecule has 2 rings (SSSR count). The average molecular weight is 228 g/mol. The number of hydrogen-bond acceptors (Lipinski definition) is 4. The lowest BCUT2D eigenvalue weighted by atomic mass is 10.2. The van der Waals surface area contributed by atoms with Gasteiger partial charge in [-0.3, -0.25) is 4.68 Å². The molecular weight excluding hydrogens is 216 g/mol. The highest BCUT2D eigenvalue weighted by molar-refractivity contribution is 5.35. The summed E-state index contributed by atoms with van der Waals surface area (Å²) < 4.78 is 7.30. The first kappa shape index (κ1) is 11.1. The topological polar surface area (TPSA) is 63.7 Å². The maximum atomic E-state index is 8.84. The molecule has 5 nitrogen and oxygen atoms in total. The number of rotatable bonds is 3. The van der Waals surface area contributed by atoms with E-state index in [9.17, 15) is 0 Å². The molecule has 0 fully saturated rings. The molecule has 2 aromatic rings. The summed E-state index contributed by atoms with van der Waals surface area (Å²) >= 11 is 0. The fraction of sp³-hybridized carbons (Fsp3) is 0.250. The fourth-order valence-electron chi connectivity index (χ4n) is 1.45. The Hall–Kier alpha value is -2.35. The molecule has 0 saturated carbocycles. The minimum atomic E-state index is 0.414. The summed E-state index contributed by atoms with van der Waals surface area (Å²) in [5.41, 5.74) is 1.29. The molecule has 0 atom stereocenters. The molecule has 0 aliphatic heterocycles. The van der Waals surface area contributed by atoms with Gasteiger partial charge in [-0.2, -0.15) is 10.4 Å². The van der Waals surface area contributed by atoms with E-state index in [4.69, 9.17) is 10.00 Å². The molecule has 0 unspecified atom stereocenters. The van der Waals surface area contributed by atoms with Crippen molar-refractivity contribution in [2.24, 2.45) is 0 Å². The van der Waals surface area contributed by atoms with Crippen molar-refractivity contribution in [3.05, 3.63) is 35.8 Å². The van der Waals surface area contributed by atoms with Crippen molar-refractivity contribution < 1.29 is 4.74 Å². The predicted octanol–water partition coefficient (Wildman–Crippen LogP) is 2.27. The fourth-order valence-corrected chi connectivity index (χ4v) is 1.45. The number of pyridine rings is 1. The smallest absolute Gasteiger partial charge is 0.220 e. The number of nitriles is 1. The van der Waals surface area contributed by atoms with Crippen LogP contribution in [0.5, 0.6) is 11.6 Å². The van der Waals surface area contributed by atoms with E-state index in [1.54, 1.807) is 29.2 Å². The van der Waals surface area contributed by atoms with Gasteiger partial charge in [-0.15, -0.1) is 0 Å². The van der Waals surface area contributed by atoms with Crippen molar-refractivity contribution >= 4 is 0 Å². The molecule has 5 heteroatoms. The summed E-state index contributed by atoms with van der Waals surface area (Å²) in [6.45, 7) is 4.60. The molecule has 0 aliphatic rings. The van der Waals surface area contributed by atoms with Crippen LogP contribution in [0.2, 0.25) is 0 Å². The maximum Gasteiger partial charge on any atom is 0.220 e. The van der Waals surface area contributed by atoms with Gasteiger partial charge >= 0.3 is 0 Å². The van der Waals surface area contributed by atoms with Gasteiger partial charge < -0.3 is 4.74 Å². The number of ether oxygens (including phenoxy) is 1. The Balaban J connectivity index is 2.24. The molecule has 0 aliphatic carbocycles. The van der Waals surface area contributed by atoms with Crippen LogP contribution in [0.15, 0.2) is 24.5 Å². The van der Waals surface area contributed by atoms with Gasteiger partial charge in [0.1, 0.15) is 0 Å². The largest absolute Gasteiger partial charge is 0.436 e. The molecule has 0 aromatic carbocycles. The van der Waals surface area contributed by atoms with Gasteiger partial charge in [0.25, 0.3) is 0 Å². The lowest BCUT2D eigenvalue weighted by molar-refractivity contribution is 0.460. The minimum absolute atomic E-state index is 0.414. The minimum Gasteiger partial charge on any atom is -0.436 e. The zero-order valence-corrected chi connectivity index (χ0v) is 9.71. The van der Waals surface area contributed by atoms with E-state index in [0.29, 0.717) is 17.2 Å². The number of nitrogens with zero attached hydrogens (tertiary/aromatic N) is 4. The lowest BCUT2D eigenvalue weighted by Gasteiger charge is -2.03. The summed E-state index contributed by atoms with van der Waals surface area (Å²) in [7, 11) is 0. The Morgan fingerprint density at radius 3 is 2.94 bits per heavy atom. The van der Waals surface area contributed by atoms with Crippen molar-refractivity contribution in [2.75, 3.05) is 0 Å². The van der Waals surface area contributed by atoms with Crippen LogP contribution in [-0.4, -0.2) is 14.8 Å². The zero-order valence-electron chi connectivity index (χ0n) is 9.71. The molecule has 0 spiro atoms. The van der Waals surface area contributed by atoms with Gasteiger partial charge in [-0.25, -0.2) is 4.98 Å². The summed E-state index contributed by atoms with van der Waals surface area (Å²) in [5, 5.41) is 12.9. The monoisotopic (exact) mass is 228 g/mol. The first-order chi connectivity index (χ1) is 8.21.